The van der Waals surface area contributed by atoms with Crippen LogP contribution in [-0.2, 0) is 11.3 Å². The number of aromatic nitrogens is 2. The molecular weight excluding hydrogens is 462 g/mol. The van der Waals surface area contributed by atoms with Gasteiger partial charge in [0.15, 0.2) is 4.34 Å². The third-order valence-corrected chi connectivity index (χ3v) is 7.77. The summed E-state index contributed by atoms with van der Waals surface area (Å²) < 4.78 is 6.33. The van der Waals surface area contributed by atoms with Crippen LogP contribution in [0, 0.1) is 0 Å². The molecule has 10 heteroatoms. The Labute approximate surface area is 197 Å². The molecule has 0 fully saturated rings. The summed E-state index contributed by atoms with van der Waals surface area (Å²) in [6.07, 6.45) is 2.26. The van der Waals surface area contributed by atoms with Crippen LogP contribution in [0.2, 0.25) is 0 Å². The summed E-state index contributed by atoms with van der Waals surface area (Å²) in [4.78, 5) is 14.1. The van der Waals surface area contributed by atoms with E-state index in [9.17, 15) is 4.79 Å². The van der Waals surface area contributed by atoms with Gasteiger partial charge in [-0.3, -0.25) is 4.79 Å². The Balaban J connectivity index is 1.22. The molecule has 0 saturated heterocycles. The maximum absolute atomic E-state index is 13.1. The number of carbonyl (C=O) groups excluding carboxylic acids is 1. The number of hydrazone groups is 1. The lowest BCUT2D eigenvalue weighted by Crippen LogP contribution is -2.28. The molecule has 0 aliphatic carbocycles. The molecule has 162 valence electrons. The van der Waals surface area contributed by atoms with Crippen molar-refractivity contribution >= 4 is 51.2 Å². The molecule has 32 heavy (non-hydrogen) atoms. The third kappa shape index (κ3) is 4.77. The van der Waals surface area contributed by atoms with Gasteiger partial charge in [0.05, 0.1) is 22.6 Å². The molecular formula is C22H19N5O2S3. The van der Waals surface area contributed by atoms with Crippen LogP contribution < -0.4 is 5.32 Å². The van der Waals surface area contributed by atoms with Gasteiger partial charge in [-0.1, -0.05) is 59.5 Å². The predicted molar refractivity (Wildman–Crippen MR) is 128 cm³/mol. The van der Waals surface area contributed by atoms with Gasteiger partial charge in [-0.15, -0.1) is 21.5 Å². The molecule has 1 aliphatic heterocycles. The van der Waals surface area contributed by atoms with E-state index >= 15 is 0 Å². The Morgan fingerprint density at radius 1 is 1.16 bits per heavy atom. The SMILES string of the molecule is O=C(CSc1nnc(NCc2ccccc2)s1)N1N=C(c2cccs2)C[C@@H]1c1ccco1. The molecule has 0 saturated carbocycles. The van der Waals surface area contributed by atoms with Gasteiger partial charge in [0.1, 0.15) is 11.8 Å². The fourth-order valence-corrected chi connectivity index (χ4v) is 5.66. The predicted octanol–water partition coefficient (Wildman–Crippen LogP) is 5.27. The molecule has 1 aromatic carbocycles. The van der Waals surface area contributed by atoms with E-state index in [-0.39, 0.29) is 17.7 Å². The summed E-state index contributed by atoms with van der Waals surface area (Å²) in [6, 6.07) is 17.6. The molecule has 1 amide bonds. The molecule has 3 aromatic heterocycles. The van der Waals surface area contributed by atoms with E-state index in [1.54, 1.807) is 22.6 Å². The van der Waals surface area contributed by atoms with E-state index < -0.39 is 0 Å². The number of hydrogen-bond donors (Lipinski definition) is 1. The maximum atomic E-state index is 13.1. The minimum atomic E-state index is -0.229. The molecule has 1 N–H and O–H groups in total. The van der Waals surface area contributed by atoms with Crippen LogP contribution in [-0.4, -0.2) is 32.6 Å². The summed E-state index contributed by atoms with van der Waals surface area (Å²) in [7, 11) is 0. The summed E-state index contributed by atoms with van der Waals surface area (Å²) in [5.74, 6) is 0.880. The lowest BCUT2D eigenvalue weighted by molar-refractivity contribution is -0.130. The quantitative estimate of drug-likeness (QED) is 0.345. The third-order valence-electron chi connectivity index (χ3n) is 4.86. The highest BCUT2D eigenvalue weighted by Gasteiger charge is 2.35. The van der Waals surface area contributed by atoms with Crippen molar-refractivity contribution in [3.8, 4) is 0 Å². The number of thioether (sulfide) groups is 1. The van der Waals surface area contributed by atoms with Crippen LogP contribution in [0.15, 0.2) is 80.1 Å². The molecule has 0 radical (unpaired) electrons. The zero-order valence-corrected chi connectivity index (χ0v) is 19.3. The smallest absolute Gasteiger partial charge is 0.253 e. The van der Waals surface area contributed by atoms with E-state index in [0.29, 0.717) is 13.0 Å². The first kappa shape index (κ1) is 20.9. The van der Waals surface area contributed by atoms with Crippen molar-refractivity contribution in [3.05, 3.63) is 82.4 Å². The van der Waals surface area contributed by atoms with Crippen molar-refractivity contribution < 1.29 is 9.21 Å². The largest absolute Gasteiger partial charge is 0.467 e. The number of hydrogen-bond acceptors (Lipinski definition) is 9. The summed E-state index contributed by atoms with van der Waals surface area (Å²) in [5.41, 5.74) is 2.08. The van der Waals surface area contributed by atoms with Crippen LogP contribution in [0.3, 0.4) is 0 Å². The summed E-state index contributed by atoms with van der Waals surface area (Å²) in [5, 5.41) is 20.6. The van der Waals surface area contributed by atoms with Crippen molar-refractivity contribution in [1.29, 1.82) is 0 Å². The van der Waals surface area contributed by atoms with Crippen molar-refractivity contribution in [3.63, 3.8) is 0 Å². The number of thiophene rings is 1. The maximum Gasteiger partial charge on any atom is 0.253 e. The highest BCUT2D eigenvalue weighted by Crippen LogP contribution is 2.35. The molecule has 4 aromatic rings. The molecule has 1 aliphatic rings. The van der Waals surface area contributed by atoms with E-state index in [0.717, 1.165) is 25.8 Å². The van der Waals surface area contributed by atoms with Crippen molar-refractivity contribution in [2.24, 2.45) is 5.10 Å². The number of anilines is 1. The van der Waals surface area contributed by atoms with Crippen molar-refractivity contribution in [2.75, 3.05) is 11.1 Å². The molecule has 7 nitrogen and oxygen atoms in total. The van der Waals surface area contributed by atoms with Gasteiger partial charge in [-0.05, 0) is 29.1 Å². The van der Waals surface area contributed by atoms with Gasteiger partial charge in [0, 0.05) is 13.0 Å². The number of nitrogens with one attached hydrogen (secondary N) is 1. The first-order valence-electron chi connectivity index (χ1n) is 9.97. The number of benzene rings is 1. The highest BCUT2D eigenvalue weighted by molar-refractivity contribution is 8.01. The molecule has 0 bridgehead atoms. The van der Waals surface area contributed by atoms with Crippen LogP contribution in [0.1, 0.15) is 28.7 Å². The second-order valence-corrected chi connectivity index (χ2v) is 10.1. The number of amides is 1. The van der Waals surface area contributed by atoms with E-state index in [4.69, 9.17) is 4.42 Å². The second kappa shape index (κ2) is 9.68. The molecule has 1 atom stereocenters. The number of rotatable bonds is 8. The first-order chi connectivity index (χ1) is 15.8. The van der Waals surface area contributed by atoms with Crippen LogP contribution in [0.4, 0.5) is 5.13 Å². The van der Waals surface area contributed by atoms with Gasteiger partial charge < -0.3 is 9.73 Å². The monoisotopic (exact) mass is 481 g/mol. The molecule has 0 unspecified atom stereocenters. The number of carbonyl (C=O) groups is 1. The van der Waals surface area contributed by atoms with Crippen LogP contribution >= 0.6 is 34.4 Å². The average Bonchev–Trinajstić information content (AvgIpc) is 3.63. The standard InChI is InChI=1S/C22H19N5O2S3/c28-20(14-31-22-25-24-21(32-22)23-13-15-6-2-1-3-7-15)27-17(18-8-4-10-29-18)12-16(26-27)19-9-5-11-30-19/h1-11,17H,12-14H2,(H,23,24)/t17-/m1/s1. The first-order valence-corrected chi connectivity index (χ1v) is 12.7. The number of furan rings is 1. The van der Waals surface area contributed by atoms with E-state index in [2.05, 4.69) is 32.7 Å². The lowest BCUT2D eigenvalue weighted by Gasteiger charge is -2.19. The Kier molecular flexibility index (Phi) is 6.33. The summed E-state index contributed by atoms with van der Waals surface area (Å²) in [6.45, 7) is 0.678. The van der Waals surface area contributed by atoms with Crippen molar-refractivity contribution in [2.45, 2.75) is 23.3 Å². The van der Waals surface area contributed by atoms with Crippen molar-refractivity contribution in [1.82, 2.24) is 15.2 Å². The Bertz CT molecular complexity index is 1190. The topological polar surface area (TPSA) is 83.6 Å². The van der Waals surface area contributed by atoms with E-state index in [1.807, 2.05) is 47.8 Å². The zero-order chi connectivity index (χ0) is 21.8. The highest BCUT2D eigenvalue weighted by atomic mass is 32.2. The fraction of sp³-hybridized carbons (Fsp3) is 0.182. The minimum absolute atomic E-state index is 0.0862. The normalized spacial score (nSPS) is 15.7. The lowest BCUT2D eigenvalue weighted by atomic mass is 10.1. The number of nitrogens with zero attached hydrogens (tertiary/aromatic N) is 4. The van der Waals surface area contributed by atoms with Crippen LogP contribution in [0.5, 0.6) is 0 Å². The minimum Gasteiger partial charge on any atom is -0.467 e. The van der Waals surface area contributed by atoms with E-state index in [1.165, 1.54) is 28.7 Å². The van der Waals surface area contributed by atoms with Gasteiger partial charge in [0.25, 0.3) is 5.91 Å². The zero-order valence-electron chi connectivity index (χ0n) is 16.9. The Hall–Kier alpha value is -2.95. The Morgan fingerprint density at radius 3 is 2.84 bits per heavy atom. The Morgan fingerprint density at radius 2 is 2.06 bits per heavy atom. The van der Waals surface area contributed by atoms with Gasteiger partial charge in [-0.25, -0.2) is 5.01 Å². The fourth-order valence-electron chi connectivity index (χ4n) is 3.34. The average molecular weight is 482 g/mol. The van der Waals surface area contributed by atoms with Gasteiger partial charge in [-0.2, -0.15) is 5.10 Å². The molecule has 0 spiro atoms. The summed E-state index contributed by atoms with van der Waals surface area (Å²) >= 11 is 4.43. The van der Waals surface area contributed by atoms with Gasteiger partial charge in [0.2, 0.25) is 5.13 Å². The van der Waals surface area contributed by atoms with Crippen LogP contribution in [0.25, 0.3) is 0 Å². The molecule has 4 heterocycles. The second-order valence-electron chi connectivity index (χ2n) is 7.00. The van der Waals surface area contributed by atoms with Gasteiger partial charge >= 0.3 is 0 Å². The molecule has 5 rings (SSSR count).